The molecule has 2 aromatic rings. The molecule has 6 nitrogen and oxygen atoms in total. The Balaban J connectivity index is 2.02. The third-order valence-electron chi connectivity index (χ3n) is 3.27. The van der Waals surface area contributed by atoms with Crippen molar-refractivity contribution in [2.24, 2.45) is 0 Å². The molecule has 1 saturated heterocycles. The number of ether oxygens (including phenoxy) is 1. The van der Waals surface area contributed by atoms with Gasteiger partial charge in [0.15, 0.2) is 11.5 Å². The summed E-state index contributed by atoms with van der Waals surface area (Å²) in [4.78, 5) is 12.3. The maximum atomic E-state index is 5.83. The lowest BCUT2D eigenvalue weighted by molar-refractivity contribution is 0.00695. The summed E-state index contributed by atoms with van der Waals surface area (Å²) < 4.78 is 7.69. The van der Waals surface area contributed by atoms with Gasteiger partial charge in [-0.3, -0.25) is 0 Å². The molecule has 1 unspecified atom stereocenters. The van der Waals surface area contributed by atoms with Gasteiger partial charge < -0.3 is 15.0 Å². The Labute approximate surface area is 109 Å². The molecule has 18 heavy (non-hydrogen) atoms. The van der Waals surface area contributed by atoms with Crippen molar-refractivity contribution in [2.75, 3.05) is 12.3 Å². The second-order valence-electron chi connectivity index (χ2n) is 4.82. The van der Waals surface area contributed by atoms with Gasteiger partial charge in [0.05, 0.1) is 18.5 Å². The fourth-order valence-corrected chi connectivity index (χ4v) is 2.55. The van der Waals surface area contributed by atoms with Gasteiger partial charge in [-0.25, -0.2) is 4.98 Å². The Bertz CT molecular complexity index is 590. The minimum absolute atomic E-state index is 0.138. The number of hydrogen-bond acceptors (Lipinski definition) is 5. The number of hydrogen-bond donors (Lipinski definition) is 1. The molecule has 1 aliphatic heterocycles. The molecule has 0 aliphatic carbocycles. The first-order valence-electron chi connectivity index (χ1n) is 5.85. The number of nitrogens with two attached hydrogens (primary N) is 1. The first-order chi connectivity index (χ1) is 8.57. The van der Waals surface area contributed by atoms with Gasteiger partial charge in [0.2, 0.25) is 5.28 Å². The van der Waals surface area contributed by atoms with E-state index in [2.05, 4.69) is 21.9 Å². The number of nitrogen functional groups attached to an aromatic ring is 1. The summed E-state index contributed by atoms with van der Waals surface area (Å²) in [6.07, 6.45) is 3.82. The van der Waals surface area contributed by atoms with Crippen LogP contribution >= 0.6 is 11.6 Å². The Morgan fingerprint density at radius 1 is 1.56 bits per heavy atom. The van der Waals surface area contributed by atoms with E-state index in [4.69, 9.17) is 22.1 Å². The lowest BCUT2D eigenvalue weighted by atomic mass is 10.0. The molecule has 1 fully saturated rings. The van der Waals surface area contributed by atoms with Crippen molar-refractivity contribution >= 4 is 28.6 Å². The van der Waals surface area contributed by atoms with Gasteiger partial charge in [0.1, 0.15) is 5.52 Å². The van der Waals surface area contributed by atoms with Crippen LogP contribution < -0.4 is 5.73 Å². The van der Waals surface area contributed by atoms with E-state index in [0.29, 0.717) is 23.5 Å². The van der Waals surface area contributed by atoms with E-state index in [1.807, 2.05) is 4.57 Å². The quantitative estimate of drug-likeness (QED) is 0.837. The zero-order chi connectivity index (χ0) is 12.8. The third-order valence-corrected chi connectivity index (χ3v) is 3.44. The molecule has 0 aromatic carbocycles. The van der Waals surface area contributed by atoms with Crippen molar-refractivity contribution in [3.8, 4) is 0 Å². The average molecular weight is 268 g/mol. The number of halogens is 1. The van der Waals surface area contributed by atoms with Crippen LogP contribution in [0, 0.1) is 0 Å². The zero-order valence-electron chi connectivity index (χ0n) is 10.1. The maximum absolute atomic E-state index is 5.83. The Morgan fingerprint density at radius 3 is 3.11 bits per heavy atom. The lowest BCUT2D eigenvalue weighted by Crippen LogP contribution is -2.29. The smallest absolute Gasteiger partial charge is 0.226 e. The van der Waals surface area contributed by atoms with Crippen LogP contribution in [0.25, 0.3) is 11.2 Å². The average Bonchev–Trinajstić information content (AvgIpc) is 2.87. The van der Waals surface area contributed by atoms with Crippen LogP contribution in [0.4, 0.5) is 5.82 Å². The summed E-state index contributed by atoms with van der Waals surface area (Å²) in [7, 11) is 0. The number of nitrogens with zero attached hydrogens (tertiary/aromatic N) is 4. The maximum Gasteiger partial charge on any atom is 0.226 e. The van der Waals surface area contributed by atoms with Crippen molar-refractivity contribution < 1.29 is 4.74 Å². The van der Waals surface area contributed by atoms with Crippen molar-refractivity contribution in [3.05, 3.63) is 11.6 Å². The fourth-order valence-electron chi connectivity index (χ4n) is 2.38. The molecular formula is C11H14ClN5O. The van der Waals surface area contributed by atoms with E-state index in [1.165, 1.54) is 0 Å². The van der Waals surface area contributed by atoms with Crippen LogP contribution in [0.3, 0.4) is 0 Å². The second-order valence-corrected chi connectivity index (χ2v) is 5.16. The first-order valence-corrected chi connectivity index (χ1v) is 6.23. The number of aromatic nitrogens is 4. The molecular weight excluding hydrogens is 254 g/mol. The van der Waals surface area contributed by atoms with Crippen molar-refractivity contribution in [2.45, 2.75) is 31.9 Å². The van der Waals surface area contributed by atoms with Crippen LogP contribution in [-0.2, 0) is 11.3 Å². The molecule has 0 radical (unpaired) electrons. The molecule has 0 bridgehead atoms. The van der Waals surface area contributed by atoms with Crippen LogP contribution in [0.2, 0.25) is 5.28 Å². The van der Waals surface area contributed by atoms with Gasteiger partial charge in [-0.1, -0.05) is 0 Å². The molecule has 1 atom stereocenters. The summed E-state index contributed by atoms with van der Waals surface area (Å²) in [6.45, 7) is 3.59. The number of rotatable bonds is 2. The molecule has 96 valence electrons. The van der Waals surface area contributed by atoms with Gasteiger partial charge in [0.25, 0.3) is 0 Å². The van der Waals surface area contributed by atoms with Gasteiger partial charge in [-0.2, -0.15) is 9.97 Å². The zero-order valence-corrected chi connectivity index (χ0v) is 10.8. The van der Waals surface area contributed by atoms with Crippen LogP contribution in [0.15, 0.2) is 6.33 Å². The van der Waals surface area contributed by atoms with Gasteiger partial charge in [-0.15, -0.1) is 0 Å². The predicted octanol–water partition coefficient (Wildman–Crippen LogP) is 1.63. The predicted molar refractivity (Wildman–Crippen MR) is 68.3 cm³/mol. The molecule has 0 amide bonds. The molecule has 7 heteroatoms. The topological polar surface area (TPSA) is 78.9 Å². The summed E-state index contributed by atoms with van der Waals surface area (Å²) >= 11 is 5.83. The highest BCUT2D eigenvalue weighted by molar-refractivity contribution is 6.28. The van der Waals surface area contributed by atoms with Gasteiger partial charge >= 0.3 is 0 Å². The van der Waals surface area contributed by atoms with E-state index in [9.17, 15) is 0 Å². The minimum atomic E-state index is -0.167. The van der Waals surface area contributed by atoms with Gasteiger partial charge in [0, 0.05) is 6.61 Å². The SMILES string of the molecule is CC1(Cn2cnc3c(N)nc(Cl)nc32)CCCO1. The molecule has 2 N–H and O–H groups in total. The molecule has 0 spiro atoms. The standard InChI is InChI=1S/C11H14ClN5O/c1-11(3-2-4-18-11)5-17-6-14-7-8(13)15-10(12)16-9(7)17/h6H,2-5H2,1H3,(H2,13,15,16). The van der Waals surface area contributed by atoms with E-state index in [0.717, 1.165) is 19.4 Å². The highest BCUT2D eigenvalue weighted by Gasteiger charge is 2.31. The molecule has 2 aromatic heterocycles. The van der Waals surface area contributed by atoms with Gasteiger partial charge in [-0.05, 0) is 31.4 Å². The summed E-state index contributed by atoms with van der Waals surface area (Å²) in [6, 6.07) is 0. The van der Waals surface area contributed by atoms with Crippen molar-refractivity contribution in [3.63, 3.8) is 0 Å². The number of fused-ring (bicyclic) bond motifs is 1. The number of imidazole rings is 1. The monoisotopic (exact) mass is 267 g/mol. The molecule has 3 heterocycles. The largest absolute Gasteiger partial charge is 0.382 e. The van der Waals surface area contributed by atoms with E-state index < -0.39 is 0 Å². The normalized spacial score (nSPS) is 23.9. The van der Waals surface area contributed by atoms with Crippen LogP contribution in [0.1, 0.15) is 19.8 Å². The fraction of sp³-hybridized carbons (Fsp3) is 0.545. The van der Waals surface area contributed by atoms with Crippen LogP contribution in [-0.4, -0.2) is 31.7 Å². The summed E-state index contributed by atoms with van der Waals surface area (Å²) in [5.74, 6) is 0.307. The highest BCUT2D eigenvalue weighted by atomic mass is 35.5. The molecule has 0 saturated carbocycles. The number of anilines is 1. The lowest BCUT2D eigenvalue weighted by Gasteiger charge is -2.23. The Morgan fingerprint density at radius 2 is 2.39 bits per heavy atom. The Hall–Kier alpha value is -1.40. The van der Waals surface area contributed by atoms with Crippen molar-refractivity contribution in [1.82, 2.24) is 19.5 Å². The van der Waals surface area contributed by atoms with E-state index >= 15 is 0 Å². The van der Waals surface area contributed by atoms with E-state index in [-0.39, 0.29) is 10.9 Å². The first kappa shape index (κ1) is 11.7. The molecule has 1 aliphatic rings. The van der Waals surface area contributed by atoms with E-state index in [1.54, 1.807) is 6.33 Å². The third kappa shape index (κ3) is 1.91. The second kappa shape index (κ2) is 4.07. The Kier molecular flexibility index (Phi) is 2.64. The summed E-state index contributed by atoms with van der Waals surface area (Å²) in [5.41, 5.74) is 6.84. The van der Waals surface area contributed by atoms with Crippen LogP contribution in [0.5, 0.6) is 0 Å². The molecule has 3 rings (SSSR count). The van der Waals surface area contributed by atoms with Crippen molar-refractivity contribution in [1.29, 1.82) is 0 Å². The minimum Gasteiger partial charge on any atom is -0.382 e. The summed E-state index contributed by atoms with van der Waals surface area (Å²) in [5, 5.41) is 0.138. The highest BCUT2D eigenvalue weighted by Crippen LogP contribution is 2.28.